The molecule has 0 aromatic heterocycles. The van der Waals surface area contributed by atoms with E-state index in [-0.39, 0.29) is 11.4 Å². The third kappa shape index (κ3) is 6.42. The van der Waals surface area contributed by atoms with Crippen molar-refractivity contribution < 1.29 is 14.3 Å². The monoisotopic (exact) mass is 368 g/mol. The van der Waals surface area contributed by atoms with Crippen molar-refractivity contribution in [1.82, 2.24) is 0 Å². The second-order valence-electron chi connectivity index (χ2n) is 8.37. The van der Waals surface area contributed by atoms with Crippen molar-refractivity contribution in [1.29, 1.82) is 0 Å². The van der Waals surface area contributed by atoms with E-state index in [1.165, 1.54) is 16.7 Å². The van der Waals surface area contributed by atoms with Gasteiger partial charge in [0.25, 0.3) is 0 Å². The summed E-state index contributed by atoms with van der Waals surface area (Å²) in [6.45, 7) is 13.4. The summed E-state index contributed by atoms with van der Waals surface area (Å²) in [5.41, 5.74) is 3.88. The van der Waals surface area contributed by atoms with Crippen LogP contribution >= 0.6 is 0 Å². The quantitative estimate of drug-likeness (QED) is 0.332. The normalized spacial score (nSPS) is 11.5. The highest BCUT2D eigenvalue weighted by molar-refractivity contribution is 5.72. The lowest BCUT2D eigenvalue weighted by Gasteiger charge is -2.19. The van der Waals surface area contributed by atoms with Gasteiger partial charge in [-0.2, -0.15) is 0 Å². The lowest BCUT2D eigenvalue weighted by molar-refractivity contribution is -0.134. The average Bonchev–Trinajstić information content (AvgIpc) is 2.58. The largest absolute Gasteiger partial charge is 0.494 e. The Morgan fingerprint density at radius 2 is 1.63 bits per heavy atom. The Labute approximate surface area is 163 Å². The molecule has 0 saturated heterocycles. The topological polar surface area (TPSA) is 35.5 Å². The van der Waals surface area contributed by atoms with Gasteiger partial charge in [0.15, 0.2) is 0 Å². The van der Waals surface area contributed by atoms with Crippen LogP contribution in [0.3, 0.4) is 0 Å². The molecule has 0 saturated carbocycles. The van der Waals surface area contributed by atoms with Crippen LogP contribution in [0.2, 0.25) is 0 Å². The molecule has 27 heavy (non-hydrogen) atoms. The molecule has 0 fully saturated rings. The molecule has 2 aromatic carbocycles. The smallest absolute Gasteiger partial charge is 0.311 e. The molecule has 0 aliphatic rings. The van der Waals surface area contributed by atoms with E-state index in [1.54, 1.807) is 0 Å². The molecular weight excluding hydrogens is 336 g/mol. The third-order valence-corrected chi connectivity index (χ3v) is 4.61. The number of carbonyl (C=O) groups is 1. The van der Waals surface area contributed by atoms with Gasteiger partial charge in [-0.05, 0) is 65.6 Å². The molecule has 3 nitrogen and oxygen atoms in total. The minimum absolute atomic E-state index is 0.0889. The zero-order valence-electron chi connectivity index (χ0n) is 17.5. The summed E-state index contributed by atoms with van der Waals surface area (Å²) in [7, 11) is 0. The fraction of sp³-hybridized carbons (Fsp3) is 0.458. The molecule has 2 rings (SSSR count). The minimum atomic E-state index is -0.228. The number of ether oxygens (including phenoxy) is 2. The summed E-state index contributed by atoms with van der Waals surface area (Å²) in [5, 5.41) is 0. The van der Waals surface area contributed by atoms with Gasteiger partial charge in [-0.3, -0.25) is 4.79 Å². The van der Waals surface area contributed by atoms with E-state index in [4.69, 9.17) is 9.47 Å². The molecule has 0 unspecified atom stereocenters. The zero-order valence-corrected chi connectivity index (χ0v) is 17.5. The van der Waals surface area contributed by atoms with Crippen LogP contribution in [0.5, 0.6) is 11.5 Å². The van der Waals surface area contributed by atoms with Gasteiger partial charge in [-0.15, -0.1) is 0 Å². The van der Waals surface area contributed by atoms with Gasteiger partial charge in [0.1, 0.15) is 11.5 Å². The molecule has 0 spiro atoms. The van der Waals surface area contributed by atoms with Gasteiger partial charge in [0, 0.05) is 6.42 Å². The van der Waals surface area contributed by atoms with Crippen molar-refractivity contribution in [2.24, 2.45) is 0 Å². The SMILES string of the molecule is Cc1cc(OCCCC(=O)Oc2ccc(C(C)(C)C)cc2)ccc1C(C)C. The summed E-state index contributed by atoms with van der Waals surface area (Å²) in [4.78, 5) is 12.0. The Bertz CT molecular complexity index is 752. The molecule has 0 radical (unpaired) electrons. The Morgan fingerprint density at radius 1 is 1.00 bits per heavy atom. The molecule has 0 N–H and O–H groups in total. The lowest BCUT2D eigenvalue weighted by Crippen LogP contribution is -2.12. The highest BCUT2D eigenvalue weighted by atomic mass is 16.5. The Balaban J connectivity index is 1.75. The summed E-state index contributed by atoms with van der Waals surface area (Å²) >= 11 is 0. The molecule has 0 bridgehead atoms. The van der Waals surface area contributed by atoms with Crippen molar-refractivity contribution in [3.63, 3.8) is 0 Å². The maximum atomic E-state index is 12.0. The molecule has 2 aromatic rings. The predicted octanol–water partition coefficient (Wildman–Crippen LogP) is 6.18. The number of aryl methyl sites for hydroxylation is 1. The third-order valence-electron chi connectivity index (χ3n) is 4.61. The highest BCUT2D eigenvalue weighted by Crippen LogP contribution is 2.25. The highest BCUT2D eigenvalue weighted by Gasteiger charge is 2.13. The minimum Gasteiger partial charge on any atom is -0.494 e. The van der Waals surface area contributed by atoms with E-state index in [2.05, 4.69) is 53.7 Å². The van der Waals surface area contributed by atoms with Crippen LogP contribution in [0.25, 0.3) is 0 Å². The molecule has 0 amide bonds. The van der Waals surface area contributed by atoms with Gasteiger partial charge in [0.05, 0.1) is 6.61 Å². The van der Waals surface area contributed by atoms with Crippen LogP contribution < -0.4 is 9.47 Å². The van der Waals surface area contributed by atoms with Gasteiger partial charge in [0.2, 0.25) is 0 Å². The van der Waals surface area contributed by atoms with Crippen LogP contribution in [0.15, 0.2) is 42.5 Å². The zero-order chi connectivity index (χ0) is 20.0. The number of benzene rings is 2. The van der Waals surface area contributed by atoms with Crippen molar-refractivity contribution in [3.8, 4) is 11.5 Å². The average molecular weight is 369 g/mol. The first-order valence-corrected chi connectivity index (χ1v) is 9.71. The Morgan fingerprint density at radius 3 is 2.19 bits per heavy atom. The van der Waals surface area contributed by atoms with E-state index >= 15 is 0 Å². The molecule has 0 heterocycles. The predicted molar refractivity (Wildman–Crippen MR) is 111 cm³/mol. The van der Waals surface area contributed by atoms with Crippen molar-refractivity contribution in [3.05, 3.63) is 59.2 Å². The Kier molecular flexibility index (Phi) is 7.06. The van der Waals surface area contributed by atoms with E-state index in [1.807, 2.05) is 30.3 Å². The van der Waals surface area contributed by atoms with Crippen LogP contribution in [-0.4, -0.2) is 12.6 Å². The van der Waals surface area contributed by atoms with E-state index in [9.17, 15) is 4.79 Å². The van der Waals surface area contributed by atoms with Crippen molar-refractivity contribution in [2.45, 2.75) is 65.7 Å². The Hall–Kier alpha value is -2.29. The van der Waals surface area contributed by atoms with Crippen LogP contribution in [0.1, 0.15) is 70.1 Å². The summed E-state index contributed by atoms with van der Waals surface area (Å²) < 4.78 is 11.2. The number of carbonyl (C=O) groups excluding carboxylic acids is 1. The molecule has 0 atom stereocenters. The molecule has 0 aliphatic heterocycles. The first-order valence-electron chi connectivity index (χ1n) is 9.71. The molecule has 146 valence electrons. The summed E-state index contributed by atoms with van der Waals surface area (Å²) in [5.74, 6) is 1.72. The van der Waals surface area contributed by atoms with Crippen LogP contribution in [-0.2, 0) is 10.2 Å². The number of esters is 1. The lowest BCUT2D eigenvalue weighted by atomic mass is 9.87. The second-order valence-corrected chi connectivity index (χ2v) is 8.37. The summed E-state index contributed by atoms with van der Waals surface area (Å²) in [6, 6.07) is 13.9. The second kappa shape index (κ2) is 9.07. The number of hydrogen-bond donors (Lipinski definition) is 0. The van der Waals surface area contributed by atoms with Gasteiger partial charge < -0.3 is 9.47 Å². The molecule has 3 heteroatoms. The van der Waals surface area contributed by atoms with Gasteiger partial charge >= 0.3 is 5.97 Å². The first-order chi connectivity index (χ1) is 12.7. The number of rotatable bonds is 7. The maximum absolute atomic E-state index is 12.0. The fourth-order valence-electron chi connectivity index (χ4n) is 3.00. The van der Waals surface area contributed by atoms with Crippen molar-refractivity contribution in [2.75, 3.05) is 6.61 Å². The van der Waals surface area contributed by atoms with Crippen molar-refractivity contribution >= 4 is 5.97 Å². The standard InChI is InChI=1S/C24H32O3/c1-17(2)22-14-13-21(16-18(22)3)26-15-7-8-23(25)27-20-11-9-19(10-12-20)24(4,5)6/h9-14,16-17H,7-8,15H2,1-6H3. The summed E-state index contributed by atoms with van der Waals surface area (Å²) in [6.07, 6.45) is 0.966. The molecule has 0 aliphatic carbocycles. The van der Waals surface area contributed by atoms with Crippen LogP contribution in [0, 0.1) is 6.92 Å². The maximum Gasteiger partial charge on any atom is 0.311 e. The van der Waals surface area contributed by atoms with Gasteiger partial charge in [-0.25, -0.2) is 0 Å². The number of hydrogen-bond acceptors (Lipinski definition) is 3. The fourth-order valence-corrected chi connectivity index (χ4v) is 3.00. The van der Waals surface area contributed by atoms with Crippen LogP contribution in [0.4, 0.5) is 0 Å². The first kappa shape index (κ1) is 21.0. The molecular formula is C24H32O3. The van der Waals surface area contributed by atoms with Gasteiger partial charge in [-0.1, -0.05) is 52.8 Å². The van der Waals surface area contributed by atoms with E-state index < -0.39 is 0 Å². The van der Waals surface area contributed by atoms with E-state index in [0.717, 1.165) is 5.75 Å². The van der Waals surface area contributed by atoms with E-state index in [0.29, 0.717) is 31.1 Å².